The first kappa shape index (κ1) is 21.6. The topological polar surface area (TPSA) is 123 Å². The van der Waals surface area contributed by atoms with Crippen molar-refractivity contribution in [2.75, 3.05) is 24.7 Å². The van der Waals surface area contributed by atoms with Crippen LogP contribution in [0.2, 0.25) is 0 Å². The van der Waals surface area contributed by atoms with Crippen molar-refractivity contribution >= 4 is 23.5 Å². The van der Waals surface area contributed by atoms with Crippen LogP contribution < -0.4 is 9.64 Å². The lowest BCUT2D eigenvalue weighted by Crippen LogP contribution is -2.55. The minimum absolute atomic E-state index is 0.0689. The average Bonchev–Trinajstić information content (AvgIpc) is 2.59. The lowest BCUT2D eigenvalue weighted by Gasteiger charge is -2.35. The number of rotatable bonds is 8. The zero-order valence-corrected chi connectivity index (χ0v) is 16.1. The van der Waals surface area contributed by atoms with E-state index in [4.69, 9.17) is 14.2 Å². The van der Waals surface area contributed by atoms with E-state index < -0.39 is 35.7 Å². The van der Waals surface area contributed by atoms with Gasteiger partial charge < -0.3 is 29.3 Å². The highest BCUT2D eigenvalue weighted by Crippen LogP contribution is 2.31. The second kappa shape index (κ2) is 9.03. The largest absolute Gasteiger partial charge is 0.491 e. The summed E-state index contributed by atoms with van der Waals surface area (Å²) in [7, 11) is 0. The van der Waals surface area contributed by atoms with Gasteiger partial charge in [0.2, 0.25) is 6.10 Å². The van der Waals surface area contributed by atoms with Crippen molar-refractivity contribution in [2.45, 2.75) is 45.0 Å². The molecule has 2 rings (SSSR count). The number of carboxylic acid groups (broad SMARTS) is 1. The number of carbonyl (C=O) groups is 3. The summed E-state index contributed by atoms with van der Waals surface area (Å²) >= 11 is 0. The number of carboxylic acids is 1. The Balaban J connectivity index is 2.22. The van der Waals surface area contributed by atoms with Crippen LogP contribution in [-0.2, 0) is 23.9 Å². The molecule has 0 saturated carbocycles. The summed E-state index contributed by atoms with van der Waals surface area (Å²) < 4.78 is 15.8. The van der Waals surface area contributed by atoms with Gasteiger partial charge in [0, 0.05) is 19.9 Å². The molecule has 1 heterocycles. The van der Waals surface area contributed by atoms with Crippen LogP contribution in [0.3, 0.4) is 0 Å². The first-order valence-corrected chi connectivity index (χ1v) is 8.87. The van der Waals surface area contributed by atoms with Gasteiger partial charge in [-0.15, -0.1) is 0 Å². The molecule has 2 N–H and O–H groups in total. The molecule has 0 bridgehead atoms. The molecule has 1 saturated heterocycles. The molecule has 2 atom stereocenters. The number of carbonyl (C=O) groups excluding carboxylic acids is 2. The first-order chi connectivity index (χ1) is 13.1. The van der Waals surface area contributed by atoms with E-state index in [1.165, 1.54) is 4.90 Å². The van der Waals surface area contributed by atoms with Crippen molar-refractivity contribution in [2.24, 2.45) is 0 Å². The number of nitrogens with zero attached hydrogens (tertiary/aromatic N) is 1. The predicted octanol–water partition coefficient (Wildman–Crippen LogP) is 0.974. The fourth-order valence-corrected chi connectivity index (χ4v) is 2.70. The van der Waals surface area contributed by atoms with Crippen molar-refractivity contribution < 1.29 is 38.8 Å². The number of aliphatic hydroxyl groups is 1. The third-order valence-electron chi connectivity index (χ3n) is 4.06. The maximum Gasteiger partial charge on any atom is 0.348 e. The second-order valence-electron chi connectivity index (χ2n) is 7.03. The van der Waals surface area contributed by atoms with Crippen LogP contribution in [0, 0.1) is 0 Å². The highest BCUT2D eigenvalue weighted by atomic mass is 16.6. The van der Waals surface area contributed by atoms with Crippen LogP contribution in [-0.4, -0.2) is 65.6 Å². The van der Waals surface area contributed by atoms with E-state index in [1.807, 2.05) is 0 Å². The summed E-state index contributed by atoms with van der Waals surface area (Å²) in [5.74, 6) is -2.51. The molecule has 0 aromatic heterocycles. The van der Waals surface area contributed by atoms with Crippen molar-refractivity contribution in [3.63, 3.8) is 0 Å². The highest BCUT2D eigenvalue weighted by molar-refractivity contribution is 6.01. The third kappa shape index (κ3) is 5.67. The minimum atomic E-state index is -1.74. The Hall–Kier alpha value is -2.65. The quantitative estimate of drug-likeness (QED) is 0.625. The Morgan fingerprint density at radius 1 is 1.36 bits per heavy atom. The maximum atomic E-state index is 12.9. The molecule has 1 amide bonds. The third-order valence-corrected chi connectivity index (χ3v) is 4.06. The van der Waals surface area contributed by atoms with Crippen LogP contribution in [0.4, 0.5) is 5.69 Å². The van der Waals surface area contributed by atoms with Crippen LogP contribution in [0.25, 0.3) is 0 Å². The zero-order chi connectivity index (χ0) is 20.9. The van der Waals surface area contributed by atoms with E-state index in [9.17, 15) is 24.6 Å². The van der Waals surface area contributed by atoms with Crippen molar-refractivity contribution in [1.29, 1.82) is 0 Å². The summed E-state index contributed by atoms with van der Waals surface area (Å²) in [6.07, 6.45) is -2.81. The molecule has 0 radical (unpaired) electrons. The van der Waals surface area contributed by atoms with E-state index in [1.54, 1.807) is 38.1 Å². The van der Waals surface area contributed by atoms with Gasteiger partial charge in [-0.05, 0) is 26.0 Å². The van der Waals surface area contributed by atoms with Gasteiger partial charge in [-0.3, -0.25) is 9.59 Å². The molecular formula is C19H25NO8. The summed E-state index contributed by atoms with van der Waals surface area (Å²) in [6, 6.07) is 6.81. The molecule has 1 aliphatic heterocycles. The minimum Gasteiger partial charge on any atom is -0.491 e. The molecule has 154 valence electrons. The van der Waals surface area contributed by atoms with Crippen molar-refractivity contribution in [3.05, 3.63) is 24.3 Å². The molecular weight excluding hydrogens is 370 g/mol. The van der Waals surface area contributed by atoms with E-state index in [-0.39, 0.29) is 19.8 Å². The average molecular weight is 395 g/mol. The fraction of sp³-hybridized carbons (Fsp3) is 0.526. The van der Waals surface area contributed by atoms with E-state index in [2.05, 4.69) is 0 Å². The molecule has 9 heteroatoms. The summed E-state index contributed by atoms with van der Waals surface area (Å²) in [5, 5.41) is 19.1. The molecule has 0 spiro atoms. The number of amides is 1. The van der Waals surface area contributed by atoms with Gasteiger partial charge >= 0.3 is 11.9 Å². The number of anilines is 1. The van der Waals surface area contributed by atoms with Gasteiger partial charge in [0.25, 0.3) is 5.91 Å². The van der Waals surface area contributed by atoms with Gasteiger partial charge in [0.15, 0.2) is 6.10 Å². The summed E-state index contributed by atoms with van der Waals surface area (Å²) in [5.41, 5.74) is -0.448. The number of morpholine rings is 1. The Bertz CT molecular complexity index is 727. The standard InChI is InChI=1S/C19H25NO8/c1-12(21)28-16(18(23)24)15-17(22)20(9-11-27-15)13-6-4-5-7-14(13)26-10-8-19(2,3)25/h4-7,15-16,25H,8-11H2,1-3H3,(H,23,24)/t15-,16?/m1/s1. The molecule has 28 heavy (non-hydrogen) atoms. The first-order valence-electron chi connectivity index (χ1n) is 8.87. The molecule has 0 aliphatic carbocycles. The second-order valence-corrected chi connectivity index (χ2v) is 7.03. The fourth-order valence-electron chi connectivity index (χ4n) is 2.70. The van der Waals surface area contributed by atoms with Crippen LogP contribution >= 0.6 is 0 Å². The lowest BCUT2D eigenvalue weighted by molar-refractivity contribution is -0.177. The number of hydrogen-bond acceptors (Lipinski definition) is 7. The van der Waals surface area contributed by atoms with Crippen molar-refractivity contribution in [1.82, 2.24) is 0 Å². The molecule has 1 fully saturated rings. The maximum absolute atomic E-state index is 12.9. The normalized spacial score (nSPS) is 18.5. The molecule has 9 nitrogen and oxygen atoms in total. The monoisotopic (exact) mass is 395 g/mol. The highest BCUT2D eigenvalue weighted by Gasteiger charge is 2.43. The Morgan fingerprint density at radius 3 is 2.64 bits per heavy atom. The van der Waals surface area contributed by atoms with Gasteiger partial charge in [0.1, 0.15) is 5.75 Å². The van der Waals surface area contributed by atoms with Gasteiger partial charge in [-0.2, -0.15) is 0 Å². The number of ether oxygens (including phenoxy) is 3. The van der Waals surface area contributed by atoms with Gasteiger partial charge in [-0.1, -0.05) is 12.1 Å². The predicted molar refractivity (Wildman–Crippen MR) is 98.1 cm³/mol. The van der Waals surface area contributed by atoms with E-state index in [0.717, 1.165) is 6.92 Å². The van der Waals surface area contributed by atoms with Crippen LogP contribution in [0.15, 0.2) is 24.3 Å². The molecule has 1 unspecified atom stereocenters. The molecule has 1 aliphatic rings. The Morgan fingerprint density at radius 2 is 2.04 bits per heavy atom. The van der Waals surface area contributed by atoms with Crippen LogP contribution in [0.5, 0.6) is 5.75 Å². The van der Waals surface area contributed by atoms with Crippen LogP contribution in [0.1, 0.15) is 27.2 Å². The SMILES string of the molecule is CC(=O)OC(C(=O)O)[C@H]1OCCN(c2ccccc2OCCC(C)(C)O)C1=O. The lowest BCUT2D eigenvalue weighted by atomic mass is 10.1. The van der Waals surface area contributed by atoms with E-state index in [0.29, 0.717) is 17.9 Å². The number of aliphatic carboxylic acids is 1. The summed E-state index contributed by atoms with van der Waals surface area (Å²) in [4.78, 5) is 36.9. The number of benzene rings is 1. The Kier molecular flexibility index (Phi) is 6.98. The Labute approximate surface area is 162 Å². The van der Waals surface area contributed by atoms with E-state index >= 15 is 0 Å². The molecule has 1 aromatic rings. The summed E-state index contributed by atoms with van der Waals surface area (Å²) in [6.45, 7) is 4.88. The number of hydrogen-bond donors (Lipinski definition) is 2. The van der Waals surface area contributed by atoms with Crippen molar-refractivity contribution in [3.8, 4) is 5.75 Å². The van der Waals surface area contributed by atoms with Gasteiger partial charge in [0.05, 0.1) is 24.5 Å². The zero-order valence-electron chi connectivity index (χ0n) is 16.1. The smallest absolute Gasteiger partial charge is 0.348 e. The van der Waals surface area contributed by atoms with Gasteiger partial charge in [-0.25, -0.2) is 4.79 Å². The molecule has 1 aromatic carbocycles. The number of esters is 1. The number of para-hydroxylation sites is 2.